The maximum Gasteiger partial charge on any atom is 0.0603 e. The molecule has 0 amide bonds. The first-order chi connectivity index (χ1) is 8.97. The lowest BCUT2D eigenvalue weighted by Gasteiger charge is -2.10. The van der Waals surface area contributed by atoms with Gasteiger partial charge in [-0.1, -0.05) is 57.0 Å². The normalized spacial score (nSPS) is 12.5. The Morgan fingerprint density at radius 3 is 2.26 bits per heavy atom. The van der Waals surface area contributed by atoms with Gasteiger partial charge in [-0.15, -0.1) is 0 Å². The quantitative estimate of drug-likeness (QED) is 0.718. The Balaban J connectivity index is 2.24. The zero-order valence-corrected chi connectivity index (χ0v) is 14.1. The highest BCUT2D eigenvalue weighted by atomic mass is 79.9. The lowest BCUT2D eigenvalue weighted by atomic mass is 10.1. The van der Waals surface area contributed by atoms with Gasteiger partial charge in [-0.2, -0.15) is 0 Å². The number of halogens is 3. The van der Waals surface area contributed by atoms with Gasteiger partial charge in [0.05, 0.1) is 10.0 Å². The summed E-state index contributed by atoms with van der Waals surface area (Å²) in [7, 11) is 0. The van der Waals surface area contributed by atoms with Crippen LogP contribution in [0, 0.1) is 0 Å². The molecule has 100 valence electrons. The molecule has 0 saturated carbocycles. The largest absolute Gasteiger partial charge is 0.324 e. The average molecular weight is 377 g/mol. The highest BCUT2D eigenvalue weighted by Crippen LogP contribution is 2.35. The third-order valence-electron chi connectivity index (χ3n) is 2.59. The lowest BCUT2D eigenvalue weighted by Crippen LogP contribution is -2.05. The van der Waals surface area contributed by atoms with Crippen molar-refractivity contribution in [2.24, 2.45) is 5.73 Å². The van der Waals surface area contributed by atoms with Crippen molar-refractivity contribution in [1.29, 1.82) is 0 Å². The summed E-state index contributed by atoms with van der Waals surface area (Å²) in [5.41, 5.74) is 6.98. The summed E-state index contributed by atoms with van der Waals surface area (Å²) in [6.07, 6.45) is 0. The van der Waals surface area contributed by atoms with Crippen LogP contribution in [-0.4, -0.2) is 0 Å². The van der Waals surface area contributed by atoms with E-state index in [1.54, 1.807) is 17.8 Å². The van der Waals surface area contributed by atoms with Gasteiger partial charge in [0.2, 0.25) is 0 Å². The molecule has 2 N–H and O–H groups in total. The van der Waals surface area contributed by atoms with Crippen molar-refractivity contribution in [3.05, 3.63) is 56.5 Å². The van der Waals surface area contributed by atoms with Crippen LogP contribution in [0.25, 0.3) is 0 Å². The molecule has 0 aliphatic heterocycles. The van der Waals surface area contributed by atoms with E-state index in [1.807, 2.05) is 25.1 Å². The van der Waals surface area contributed by atoms with Crippen molar-refractivity contribution >= 4 is 50.9 Å². The van der Waals surface area contributed by atoms with Crippen LogP contribution >= 0.6 is 50.9 Å². The van der Waals surface area contributed by atoms with E-state index in [-0.39, 0.29) is 6.04 Å². The molecule has 0 aromatic heterocycles. The first-order valence-corrected chi connectivity index (χ1v) is 8.02. The Bertz CT molecular complexity index is 602. The fourth-order valence-corrected chi connectivity index (χ4v) is 3.77. The van der Waals surface area contributed by atoms with Gasteiger partial charge in [0.15, 0.2) is 0 Å². The van der Waals surface area contributed by atoms with Crippen molar-refractivity contribution in [2.75, 3.05) is 0 Å². The minimum Gasteiger partial charge on any atom is -0.324 e. The van der Waals surface area contributed by atoms with Crippen LogP contribution in [-0.2, 0) is 0 Å². The molecule has 5 heteroatoms. The zero-order chi connectivity index (χ0) is 14.0. The highest BCUT2D eigenvalue weighted by molar-refractivity contribution is 9.10. The van der Waals surface area contributed by atoms with E-state index in [0.717, 1.165) is 19.8 Å². The average Bonchev–Trinajstić information content (AvgIpc) is 2.33. The Morgan fingerprint density at radius 1 is 1.05 bits per heavy atom. The van der Waals surface area contributed by atoms with Gasteiger partial charge in [-0.25, -0.2) is 0 Å². The Kier molecular flexibility index (Phi) is 5.21. The molecule has 2 rings (SSSR count). The predicted molar refractivity (Wildman–Crippen MR) is 87.3 cm³/mol. The van der Waals surface area contributed by atoms with E-state index in [4.69, 9.17) is 28.9 Å². The number of nitrogens with two attached hydrogens (primary N) is 1. The Morgan fingerprint density at radius 2 is 1.68 bits per heavy atom. The number of rotatable bonds is 3. The molecule has 0 aliphatic carbocycles. The van der Waals surface area contributed by atoms with Gasteiger partial charge in [-0.05, 0) is 42.8 Å². The SMILES string of the molecule is CC(N)c1ccc(Sc2ccc(Cl)c(Cl)c2)cc1Br. The van der Waals surface area contributed by atoms with Crippen molar-refractivity contribution < 1.29 is 0 Å². The molecular weight excluding hydrogens is 365 g/mol. The van der Waals surface area contributed by atoms with Crippen LogP contribution in [0.5, 0.6) is 0 Å². The standard InChI is InChI=1S/C14H12BrCl2NS/c1-8(18)11-4-2-9(6-12(11)15)19-10-3-5-13(16)14(17)7-10/h2-8H,18H2,1H3. The Labute approximate surface area is 135 Å². The summed E-state index contributed by atoms with van der Waals surface area (Å²) in [5.74, 6) is 0. The van der Waals surface area contributed by atoms with Crippen molar-refractivity contribution in [1.82, 2.24) is 0 Å². The van der Waals surface area contributed by atoms with E-state index >= 15 is 0 Å². The molecule has 19 heavy (non-hydrogen) atoms. The summed E-state index contributed by atoms with van der Waals surface area (Å²) in [5, 5.41) is 1.14. The maximum atomic E-state index is 6.01. The summed E-state index contributed by atoms with van der Waals surface area (Å²) in [6.45, 7) is 1.96. The monoisotopic (exact) mass is 375 g/mol. The highest BCUT2D eigenvalue weighted by Gasteiger charge is 2.07. The van der Waals surface area contributed by atoms with Crippen LogP contribution < -0.4 is 5.73 Å². The second kappa shape index (κ2) is 6.51. The van der Waals surface area contributed by atoms with Crippen molar-refractivity contribution in [2.45, 2.75) is 22.8 Å². The number of benzene rings is 2. The molecule has 1 nitrogen and oxygen atoms in total. The summed E-state index contributed by atoms with van der Waals surface area (Å²) in [6, 6.07) is 11.8. The van der Waals surface area contributed by atoms with E-state index in [2.05, 4.69) is 28.1 Å². The maximum absolute atomic E-state index is 6.01. The third kappa shape index (κ3) is 3.89. The minimum atomic E-state index is 0.0124. The Hall–Kier alpha value is -0.190. The van der Waals surface area contributed by atoms with Gasteiger partial charge in [0.1, 0.15) is 0 Å². The molecule has 0 fully saturated rings. The first kappa shape index (κ1) is 15.2. The predicted octanol–water partition coefficient (Wildman–Crippen LogP) is 5.93. The topological polar surface area (TPSA) is 26.0 Å². The van der Waals surface area contributed by atoms with Gasteiger partial charge in [0.25, 0.3) is 0 Å². The van der Waals surface area contributed by atoms with E-state index < -0.39 is 0 Å². The second-order valence-corrected chi connectivity index (χ2v) is 6.97. The molecule has 1 unspecified atom stereocenters. The van der Waals surface area contributed by atoms with E-state index in [1.165, 1.54) is 0 Å². The molecule has 0 radical (unpaired) electrons. The molecule has 0 spiro atoms. The lowest BCUT2D eigenvalue weighted by molar-refractivity contribution is 0.811. The molecule has 0 heterocycles. The summed E-state index contributed by atoms with van der Waals surface area (Å²) in [4.78, 5) is 2.17. The van der Waals surface area contributed by atoms with Gasteiger partial charge in [0, 0.05) is 20.3 Å². The van der Waals surface area contributed by atoms with Crippen LogP contribution in [0.1, 0.15) is 18.5 Å². The van der Waals surface area contributed by atoms with Gasteiger partial charge in [-0.3, -0.25) is 0 Å². The van der Waals surface area contributed by atoms with Crippen LogP contribution in [0.15, 0.2) is 50.7 Å². The van der Waals surface area contributed by atoms with Crippen LogP contribution in [0.2, 0.25) is 10.0 Å². The fraction of sp³-hybridized carbons (Fsp3) is 0.143. The van der Waals surface area contributed by atoms with Crippen LogP contribution in [0.3, 0.4) is 0 Å². The molecule has 0 aliphatic rings. The molecule has 1 atom stereocenters. The first-order valence-electron chi connectivity index (χ1n) is 5.65. The van der Waals surface area contributed by atoms with Crippen LogP contribution in [0.4, 0.5) is 0 Å². The van der Waals surface area contributed by atoms with Gasteiger partial charge < -0.3 is 5.73 Å². The molecule has 0 bridgehead atoms. The van der Waals surface area contributed by atoms with Crippen molar-refractivity contribution in [3.63, 3.8) is 0 Å². The second-order valence-electron chi connectivity index (χ2n) is 4.15. The molecule has 2 aromatic rings. The number of hydrogen-bond donors (Lipinski definition) is 1. The van der Waals surface area contributed by atoms with Gasteiger partial charge >= 0.3 is 0 Å². The molecule has 2 aromatic carbocycles. The minimum absolute atomic E-state index is 0.0124. The summed E-state index contributed by atoms with van der Waals surface area (Å²) < 4.78 is 1.02. The smallest absolute Gasteiger partial charge is 0.0603 e. The molecule has 0 saturated heterocycles. The number of hydrogen-bond acceptors (Lipinski definition) is 2. The van der Waals surface area contributed by atoms with Crippen molar-refractivity contribution in [3.8, 4) is 0 Å². The zero-order valence-electron chi connectivity index (χ0n) is 10.2. The van der Waals surface area contributed by atoms with E-state index in [9.17, 15) is 0 Å². The fourth-order valence-electron chi connectivity index (χ4n) is 1.62. The molecular formula is C14H12BrCl2NS. The third-order valence-corrected chi connectivity index (χ3v) is 4.99. The van der Waals surface area contributed by atoms with E-state index in [0.29, 0.717) is 10.0 Å². The summed E-state index contributed by atoms with van der Waals surface area (Å²) >= 11 is 17.1.